The average Bonchev–Trinajstić information content (AvgIpc) is 2.47. The standard InChI is InChI=1S/C14H17F3N4/c1-13(2,10-18)21-7-5-20(6-8-21)12-4-3-11(9-19-12)14(15,16)17/h3-4,9H,5-8H2,1-2H3. The Morgan fingerprint density at radius 2 is 1.76 bits per heavy atom. The average molecular weight is 298 g/mol. The Labute approximate surface area is 121 Å². The molecule has 4 nitrogen and oxygen atoms in total. The van der Waals surface area contributed by atoms with E-state index in [1.165, 1.54) is 6.07 Å². The van der Waals surface area contributed by atoms with Crippen LogP contribution in [-0.4, -0.2) is 41.6 Å². The summed E-state index contributed by atoms with van der Waals surface area (Å²) in [6.45, 7) is 6.37. The van der Waals surface area contributed by atoms with E-state index in [1.54, 1.807) is 0 Å². The van der Waals surface area contributed by atoms with Gasteiger partial charge in [0.2, 0.25) is 0 Å². The molecule has 1 aromatic heterocycles. The number of rotatable bonds is 2. The van der Waals surface area contributed by atoms with Crippen LogP contribution in [0.4, 0.5) is 19.0 Å². The van der Waals surface area contributed by atoms with Gasteiger partial charge in [0.1, 0.15) is 11.4 Å². The molecule has 1 aliphatic rings. The highest BCUT2D eigenvalue weighted by Crippen LogP contribution is 2.29. The van der Waals surface area contributed by atoms with Gasteiger partial charge in [-0.2, -0.15) is 18.4 Å². The molecule has 0 bridgehead atoms. The normalized spacial score (nSPS) is 17.6. The predicted octanol–water partition coefficient (Wildman–Crippen LogP) is 2.52. The number of piperazine rings is 1. The van der Waals surface area contributed by atoms with Gasteiger partial charge < -0.3 is 4.90 Å². The molecule has 1 aliphatic heterocycles. The summed E-state index contributed by atoms with van der Waals surface area (Å²) in [6.07, 6.45) is -3.50. The van der Waals surface area contributed by atoms with E-state index in [9.17, 15) is 13.2 Å². The quantitative estimate of drug-likeness (QED) is 0.841. The summed E-state index contributed by atoms with van der Waals surface area (Å²) in [5, 5.41) is 9.11. The molecule has 0 N–H and O–H groups in total. The summed E-state index contributed by atoms with van der Waals surface area (Å²) in [6, 6.07) is 4.70. The van der Waals surface area contributed by atoms with Crippen molar-refractivity contribution in [2.45, 2.75) is 25.6 Å². The summed E-state index contributed by atoms with van der Waals surface area (Å²) in [5.74, 6) is 0.539. The maximum Gasteiger partial charge on any atom is 0.417 e. The van der Waals surface area contributed by atoms with E-state index in [0.717, 1.165) is 12.3 Å². The van der Waals surface area contributed by atoms with Gasteiger partial charge in [-0.25, -0.2) is 4.98 Å². The van der Waals surface area contributed by atoms with Crippen LogP contribution < -0.4 is 4.90 Å². The summed E-state index contributed by atoms with van der Waals surface area (Å²) in [5.41, 5.74) is -1.27. The highest BCUT2D eigenvalue weighted by atomic mass is 19.4. The van der Waals surface area contributed by atoms with Crippen molar-refractivity contribution in [2.75, 3.05) is 31.1 Å². The van der Waals surface area contributed by atoms with Gasteiger partial charge in [-0.05, 0) is 26.0 Å². The number of aromatic nitrogens is 1. The Hall–Kier alpha value is -1.81. The summed E-state index contributed by atoms with van der Waals surface area (Å²) >= 11 is 0. The fourth-order valence-electron chi connectivity index (χ4n) is 2.31. The predicted molar refractivity (Wildman–Crippen MR) is 72.7 cm³/mol. The van der Waals surface area contributed by atoms with Gasteiger partial charge in [-0.3, -0.25) is 4.90 Å². The summed E-state index contributed by atoms with van der Waals surface area (Å²) < 4.78 is 37.5. The number of nitriles is 1. The van der Waals surface area contributed by atoms with Crippen LogP contribution in [0.15, 0.2) is 18.3 Å². The smallest absolute Gasteiger partial charge is 0.354 e. The lowest BCUT2D eigenvalue weighted by atomic mass is 10.0. The second kappa shape index (κ2) is 5.53. The van der Waals surface area contributed by atoms with Crippen LogP contribution in [0.25, 0.3) is 0 Å². The Kier molecular flexibility index (Phi) is 4.10. The molecule has 0 saturated carbocycles. The molecule has 0 amide bonds. The highest BCUT2D eigenvalue weighted by molar-refractivity contribution is 5.40. The van der Waals surface area contributed by atoms with Gasteiger partial charge in [0.15, 0.2) is 0 Å². The number of anilines is 1. The fourth-order valence-corrected chi connectivity index (χ4v) is 2.31. The van der Waals surface area contributed by atoms with E-state index in [2.05, 4.69) is 16.0 Å². The molecule has 0 atom stereocenters. The molecule has 1 fully saturated rings. The van der Waals surface area contributed by atoms with E-state index in [4.69, 9.17) is 5.26 Å². The number of pyridine rings is 1. The molecule has 7 heteroatoms. The second-order valence-corrected chi connectivity index (χ2v) is 5.55. The zero-order valence-electron chi connectivity index (χ0n) is 12.0. The molecule has 0 unspecified atom stereocenters. The van der Waals surface area contributed by atoms with Crippen LogP contribution in [0.2, 0.25) is 0 Å². The zero-order chi connectivity index (χ0) is 15.7. The Balaban J connectivity index is 2.02. The van der Waals surface area contributed by atoms with Crippen LogP contribution in [0.5, 0.6) is 0 Å². The van der Waals surface area contributed by atoms with Crippen molar-refractivity contribution in [2.24, 2.45) is 0 Å². The third-order valence-corrected chi connectivity index (χ3v) is 3.74. The van der Waals surface area contributed by atoms with E-state index in [1.807, 2.05) is 18.7 Å². The molecule has 2 heterocycles. The molecule has 114 valence electrons. The monoisotopic (exact) mass is 298 g/mol. The first-order valence-electron chi connectivity index (χ1n) is 6.68. The van der Waals surface area contributed by atoms with Gasteiger partial charge in [0.25, 0.3) is 0 Å². The number of alkyl halides is 3. The minimum absolute atomic E-state index is 0.528. The molecular weight excluding hydrogens is 281 g/mol. The molecule has 0 radical (unpaired) electrons. The first-order valence-corrected chi connectivity index (χ1v) is 6.68. The Bertz CT molecular complexity index is 523. The van der Waals surface area contributed by atoms with Crippen LogP contribution >= 0.6 is 0 Å². The van der Waals surface area contributed by atoms with E-state index in [-0.39, 0.29) is 0 Å². The lowest BCUT2D eigenvalue weighted by molar-refractivity contribution is -0.137. The van der Waals surface area contributed by atoms with Crippen molar-refractivity contribution in [3.8, 4) is 6.07 Å². The third kappa shape index (κ3) is 3.45. The minimum atomic E-state index is -4.36. The van der Waals surface area contributed by atoms with Crippen molar-refractivity contribution in [1.82, 2.24) is 9.88 Å². The van der Waals surface area contributed by atoms with E-state index in [0.29, 0.717) is 32.0 Å². The number of hydrogen-bond acceptors (Lipinski definition) is 4. The maximum absolute atomic E-state index is 12.5. The van der Waals surface area contributed by atoms with Gasteiger partial charge in [0, 0.05) is 32.4 Å². The minimum Gasteiger partial charge on any atom is -0.354 e. The molecule has 21 heavy (non-hydrogen) atoms. The third-order valence-electron chi connectivity index (χ3n) is 3.74. The number of halogens is 3. The molecule has 0 aromatic carbocycles. The van der Waals surface area contributed by atoms with Crippen LogP contribution in [0.3, 0.4) is 0 Å². The fraction of sp³-hybridized carbons (Fsp3) is 0.571. The molecular formula is C14H17F3N4. The lowest BCUT2D eigenvalue weighted by Crippen LogP contribution is -2.54. The zero-order valence-corrected chi connectivity index (χ0v) is 12.0. The number of hydrogen-bond donors (Lipinski definition) is 0. The first-order chi connectivity index (χ1) is 9.74. The first kappa shape index (κ1) is 15.6. The largest absolute Gasteiger partial charge is 0.417 e. The SMILES string of the molecule is CC(C)(C#N)N1CCN(c2ccc(C(F)(F)F)cn2)CC1. The molecule has 0 spiro atoms. The van der Waals surface area contributed by atoms with E-state index >= 15 is 0 Å². The van der Waals surface area contributed by atoms with Crippen molar-refractivity contribution < 1.29 is 13.2 Å². The Morgan fingerprint density at radius 1 is 1.14 bits per heavy atom. The summed E-state index contributed by atoms with van der Waals surface area (Å²) in [7, 11) is 0. The van der Waals surface area contributed by atoms with Crippen molar-refractivity contribution in [3.63, 3.8) is 0 Å². The van der Waals surface area contributed by atoms with Gasteiger partial charge in [0.05, 0.1) is 11.6 Å². The van der Waals surface area contributed by atoms with Gasteiger partial charge in [-0.15, -0.1) is 0 Å². The molecule has 1 saturated heterocycles. The molecule has 1 aromatic rings. The Morgan fingerprint density at radius 3 is 2.19 bits per heavy atom. The number of nitrogens with zero attached hydrogens (tertiary/aromatic N) is 4. The molecule has 2 rings (SSSR count). The molecule has 0 aliphatic carbocycles. The van der Waals surface area contributed by atoms with Crippen molar-refractivity contribution in [1.29, 1.82) is 5.26 Å². The maximum atomic E-state index is 12.5. The van der Waals surface area contributed by atoms with Crippen LogP contribution in [0.1, 0.15) is 19.4 Å². The van der Waals surface area contributed by atoms with Gasteiger partial charge >= 0.3 is 6.18 Å². The van der Waals surface area contributed by atoms with Crippen molar-refractivity contribution >= 4 is 5.82 Å². The highest BCUT2D eigenvalue weighted by Gasteiger charge is 2.32. The second-order valence-electron chi connectivity index (χ2n) is 5.55. The van der Waals surface area contributed by atoms with Crippen molar-refractivity contribution in [3.05, 3.63) is 23.9 Å². The topological polar surface area (TPSA) is 43.2 Å². The van der Waals surface area contributed by atoms with E-state index < -0.39 is 17.3 Å². The summed E-state index contributed by atoms with van der Waals surface area (Å²) in [4.78, 5) is 7.90. The van der Waals surface area contributed by atoms with Crippen LogP contribution in [0, 0.1) is 11.3 Å². The van der Waals surface area contributed by atoms with Gasteiger partial charge in [-0.1, -0.05) is 0 Å². The lowest BCUT2D eigenvalue weighted by Gasteiger charge is -2.40. The van der Waals surface area contributed by atoms with Crippen LogP contribution in [-0.2, 0) is 6.18 Å².